The van der Waals surface area contributed by atoms with Crippen LogP contribution in [0.15, 0.2) is 21.1 Å². The van der Waals surface area contributed by atoms with Gasteiger partial charge in [-0.3, -0.25) is 4.79 Å². The van der Waals surface area contributed by atoms with Gasteiger partial charge >= 0.3 is 12.0 Å². The number of ether oxygens (including phenoxy) is 1. The molecule has 0 spiro atoms. The summed E-state index contributed by atoms with van der Waals surface area (Å²) in [7, 11) is 1.55. The van der Waals surface area contributed by atoms with Gasteiger partial charge in [0, 0.05) is 29.5 Å². The summed E-state index contributed by atoms with van der Waals surface area (Å²) in [5.74, 6) is -0.183. The lowest BCUT2D eigenvalue weighted by molar-refractivity contribution is -0.139. The third-order valence-electron chi connectivity index (χ3n) is 3.19. The maximum Gasteiger partial charge on any atom is 0.321 e. The molecular formula is C13H14Br2N2O4. The summed E-state index contributed by atoms with van der Waals surface area (Å²) in [6, 6.07) is 3.25. The highest BCUT2D eigenvalue weighted by Crippen LogP contribution is 2.35. The Kier molecular flexibility index (Phi) is 5.10. The molecule has 0 atom stereocenters. The molecule has 0 unspecified atom stereocenters. The highest BCUT2D eigenvalue weighted by Gasteiger charge is 2.32. The summed E-state index contributed by atoms with van der Waals surface area (Å²) >= 11 is 6.73. The third kappa shape index (κ3) is 3.88. The van der Waals surface area contributed by atoms with E-state index in [1.807, 2.05) is 0 Å². The average Bonchev–Trinajstić information content (AvgIpc) is 2.36. The molecule has 21 heavy (non-hydrogen) atoms. The fraction of sp³-hybridized carbons (Fsp3) is 0.385. The number of aliphatic carboxylic acids is 1. The average molecular weight is 422 g/mol. The van der Waals surface area contributed by atoms with E-state index in [2.05, 4.69) is 37.2 Å². The van der Waals surface area contributed by atoms with Gasteiger partial charge < -0.3 is 20.1 Å². The van der Waals surface area contributed by atoms with Crippen LogP contribution in [0.4, 0.5) is 10.5 Å². The van der Waals surface area contributed by atoms with E-state index in [4.69, 9.17) is 9.84 Å². The van der Waals surface area contributed by atoms with Crippen LogP contribution in [0.1, 0.15) is 6.42 Å². The van der Waals surface area contributed by atoms with Crippen molar-refractivity contribution in [3.05, 3.63) is 21.1 Å². The van der Waals surface area contributed by atoms with Crippen molar-refractivity contribution in [1.82, 2.24) is 4.90 Å². The quantitative estimate of drug-likeness (QED) is 0.782. The van der Waals surface area contributed by atoms with Crippen LogP contribution in [0.2, 0.25) is 0 Å². The minimum Gasteiger partial charge on any atom is -0.495 e. The number of hydrogen-bond acceptors (Lipinski definition) is 3. The minimum atomic E-state index is -0.833. The second-order valence-corrected chi connectivity index (χ2v) is 6.47. The fourth-order valence-electron chi connectivity index (χ4n) is 2.09. The lowest BCUT2D eigenvalue weighted by Gasteiger charge is -2.38. The summed E-state index contributed by atoms with van der Waals surface area (Å²) in [6.45, 7) is 0.923. The molecule has 1 aliphatic heterocycles. The molecule has 2 rings (SSSR count). The monoisotopic (exact) mass is 420 g/mol. The largest absolute Gasteiger partial charge is 0.495 e. The molecule has 6 nitrogen and oxygen atoms in total. The van der Waals surface area contributed by atoms with Gasteiger partial charge in [-0.25, -0.2) is 4.79 Å². The maximum absolute atomic E-state index is 12.1. The number of hydrogen-bond donors (Lipinski definition) is 2. The Balaban J connectivity index is 1.96. The number of carbonyl (C=O) groups is 2. The van der Waals surface area contributed by atoms with Crippen LogP contribution in [-0.2, 0) is 4.79 Å². The predicted molar refractivity (Wildman–Crippen MR) is 84.7 cm³/mol. The topological polar surface area (TPSA) is 78.9 Å². The molecule has 114 valence electrons. The molecule has 0 bridgehead atoms. The third-order valence-corrected chi connectivity index (χ3v) is 4.47. The summed E-state index contributed by atoms with van der Waals surface area (Å²) < 4.78 is 6.69. The molecule has 1 fully saturated rings. The van der Waals surface area contributed by atoms with Gasteiger partial charge in [0.05, 0.1) is 23.7 Å². The van der Waals surface area contributed by atoms with Crippen LogP contribution in [0.5, 0.6) is 5.75 Å². The van der Waals surface area contributed by atoms with Crippen molar-refractivity contribution >= 4 is 49.5 Å². The fourth-order valence-corrected chi connectivity index (χ4v) is 3.34. The van der Waals surface area contributed by atoms with Crippen molar-refractivity contribution in [3.8, 4) is 5.75 Å². The molecule has 0 radical (unpaired) electrons. The van der Waals surface area contributed by atoms with Gasteiger partial charge in [0.1, 0.15) is 5.75 Å². The number of rotatable bonds is 4. The lowest BCUT2D eigenvalue weighted by Crippen LogP contribution is -2.52. The van der Waals surface area contributed by atoms with Crippen LogP contribution in [0.3, 0.4) is 0 Å². The number of carboxylic acids is 1. The van der Waals surface area contributed by atoms with Crippen LogP contribution in [0.25, 0.3) is 0 Å². The van der Waals surface area contributed by atoms with E-state index in [0.29, 0.717) is 24.5 Å². The van der Waals surface area contributed by atoms with Crippen LogP contribution < -0.4 is 10.1 Å². The lowest BCUT2D eigenvalue weighted by atomic mass is 9.97. The molecule has 8 heteroatoms. The number of nitrogens with one attached hydrogen (secondary N) is 1. The SMILES string of the molecule is COc1cc(NC(=O)N2CC(CC(=O)O)C2)c(Br)cc1Br. The Labute approximate surface area is 138 Å². The molecule has 0 aromatic heterocycles. The van der Waals surface area contributed by atoms with E-state index in [1.54, 1.807) is 24.1 Å². The first-order valence-corrected chi connectivity index (χ1v) is 7.80. The Morgan fingerprint density at radius 3 is 2.62 bits per heavy atom. The predicted octanol–water partition coefficient (Wildman–Crippen LogP) is 3.16. The normalized spacial score (nSPS) is 14.5. The number of halogens is 2. The maximum atomic E-state index is 12.1. The Hall–Kier alpha value is -1.28. The van der Waals surface area contributed by atoms with Crippen molar-refractivity contribution in [3.63, 3.8) is 0 Å². The zero-order valence-corrected chi connectivity index (χ0v) is 14.4. The van der Waals surface area contributed by atoms with Crippen LogP contribution in [-0.4, -0.2) is 42.2 Å². The van der Waals surface area contributed by atoms with E-state index >= 15 is 0 Å². The van der Waals surface area contributed by atoms with Crippen LogP contribution in [0, 0.1) is 5.92 Å². The molecule has 1 heterocycles. The Morgan fingerprint density at radius 1 is 1.38 bits per heavy atom. The molecule has 1 saturated heterocycles. The standard InChI is InChI=1S/C13H14Br2N2O4/c1-21-11-4-10(8(14)3-9(11)15)16-13(20)17-5-7(6-17)2-12(18)19/h3-4,7H,2,5-6H2,1H3,(H,16,20)(H,18,19). The van der Waals surface area contributed by atoms with Crippen LogP contribution >= 0.6 is 31.9 Å². The molecule has 2 N–H and O–H groups in total. The number of benzene rings is 1. The van der Waals surface area contributed by atoms with E-state index in [9.17, 15) is 9.59 Å². The van der Waals surface area contributed by atoms with Gasteiger partial charge in [-0.05, 0) is 37.9 Å². The summed E-state index contributed by atoms with van der Waals surface area (Å²) in [5.41, 5.74) is 0.599. The number of methoxy groups -OCH3 is 1. The summed E-state index contributed by atoms with van der Waals surface area (Å²) in [6.07, 6.45) is 0.0968. The first-order valence-electron chi connectivity index (χ1n) is 6.21. The van der Waals surface area contributed by atoms with Gasteiger partial charge in [0.25, 0.3) is 0 Å². The number of likely N-dealkylation sites (tertiary alicyclic amines) is 1. The van der Waals surface area contributed by atoms with Gasteiger partial charge in [-0.15, -0.1) is 0 Å². The van der Waals surface area contributed by atoms with Gasteiger partial charge in [0.2, 0.25) is 0 Å². The molecule has 1 aliphatic rings. The molecule has 0 aliphatic carbocycles. The Morgan fingerprint density at radius 2 is 2.05 bits per heavy atom. The van der Waals surface area contributed by atoms with E-state index in [0.717, 1.165) is 8.95 Å². The van der Waals surface area contributed by atoms with Gasteiger partial charge in [-0.2, -0.15) is 0 Å². The first kappa shape index (κ1) is 16.1. The number of carbonyl (C=O) groups excluding carboxylic acids is 1. The van der Waals surface area contributed by atoms with E-state index in [-0.39, 0.29) is 18.4 Å². The highest BCUT2D eigenvalue weighted by atomic mass is 79.9. The molecule has 0 saturated carbocycles. The minimum absolute atomic E-state index is 0.0381. The summed E-state index contributed by atoms with van der Waals surface area (Å²) in [5, 5.41) is 11.5. The molecular weight excluding hydrogens is 408 g/mol. The van der Waals surface area contributed by atoms with Crippen molar-refractivity contribution in [1.29, 1.82) is 0 Å². The number of anilines is 1. The molecule has 1 aromatic carbocycles. The number of urea groups is 1. The molecule has 2 amide bonds. The van der Waals surface area contributed by atoms with E-state index < -0.39 is 5.97 Å². The first-order chi connectivity index (χ1) is 9.90. The van der Waals surface area contributed by atoms with E-state index in [1.165, 1.54) is 0 Å². The van der Waals surface area contributed by atoms with Crippen molar-refractivity contribution in [2.24, 2.45) is 5.92 Å². The zero-order chi connectivity index (χ0) is 15.6. The van der Waals surface area contributed by atoms with Crippen molar-refractivity contribution in [2.45, 2.75) is 6.42 Å². The Bertz CT molecular complexity index is 574. The number of nitrogens with zero attached hydrogens (tertiary/aromatic N) is 1. The second-order valence-electron chi connectivity index (χ2n) is 4.77. The van der Waals surface area contributed by atoms with Gasteiger partial charge in [-0.1, -0.05) is 0 Å². The molecule has 1 aromatic rings. The highest BCUT2D eigenvalue weighted by molar-refractivity contribution is 9.11. The summed E-state index contributed by atoms with van der Waals surface area (Å²) in [4.78, 5) is 24.2. The van der Waals surface area contributed by atoms with Crippen molar-refractivity contribution in [2.75, 3.05) is 25.5 Å². The smallest absolute Gasteiger partial charge is 0.321 e. The van der Waals surface area contributed by atoms with Gasteiger partial charge in [0.15, 0.2) is 0 Å². The van der Waals surface area contributed by atoms with Crippen molar-refractivity contribution < 1.29 is 19.4 Å². The number of carboxylic acid groups (broad SMARTS) is 1. The number of amides is 2. The second kappa shape index (κ2) is 6.65. The zero-order valence-electron chi connectivity index (χ0n) is 11.2.